The Morgan fingerprint density at radius 3 is 2.47 bits per heavy atom. The Hall–Kier alpha value is -0.830. The van der Waals surface area contributed by atoms with Crippen molar-refractivity contribution < 1.29 is 9.53 Å². The molecule has 0 aliphatic heterocycles. The van der Waals surface area contributed by atoms with Gasteiger partial charge in [-0.05, 0) is 32.2 Å². The summed E-state index contributed by atoms with van der Waals surface area (Å²) in [6.45, 7) is 3.38. The molecule has 3 nitrogen and oxygen atoms in total. The van der Waals surface area contributed by atoms with E-state index >= 15 is 0 Å². The number of carbonyl (C=O) groups is 1. The van der Waals surface area contributed by atoms with Crippen molar-refractivity contribution in [2.24, 2.45) is 5.73 Å². The van der Waals surface area contributed by atoms with Crippen LogP contribution in [0.15, 0.2) is 12.2 Å². The largest absolute Gasteiger partial charge is 0.461 e. The fourth-order valence-corrected chi connectivity index (χ4v) is 1.86. The quantitative estimate of drug-likeness (QED) is 0.313. The second-order valence-electron chi connectivity index (χ2n) is 4.96. The van der Waals surface area contributed by atoms with Crippen LogP contribution < -0.4 is 5.73 Å². The molecule has 0 atom stereocenters. The van der Waals surface area contributed by atoms with E-state index in [1.165, 1.54) is 25.7 Å². The number of allylic oxidation sites excluding steroid dienone is 1. The lowest BCUT2D eigenvalue weighted by Crippen LogP contribution is -2.04. The van der Waals surface area contributed by atoms with Crippen LogP contribution in [0, 0.1) is 0 Å². The minimum Gasteiger partial charge on any atom is -0.461 e. The van der Waals surface area contributed by atoms with Crippen molar-refractivity contribution in [1.82, 2.24) is 0 Å². The molecule has 0 radical (unpaired) electrons. The van der Waals surface area contributed by atoms with Gasteiger partial charge in [0.25, 0.3) is 0 Å². The number of hydrogen-bond acceptors (Lipinski definition) is 3. The topological polar surface area (TPSA) is 52.3 Å². The summed E-state index contributed by atoms with van der Waals surface area (Å²) in [6, 6.07) is 0. The van der Waals surface area contributed by atoms with Gasteiger partial charge < -0.3 is 10.5 Å². The molecule has 0 bridgehead atoms. The third-order valence-corrected chi connectivity index (χ3v) is 3.07. The van der Waals surface area contributed by atoms with Crippen LogP contribution in [0.25, 0.3) is 0 Å². The molecule has 0 saturated heterocycles. The van der Waals surface area contributed by atoms with E-state index in [1.54, 1.807) is 0 Å². The second-order valence-corrected chi connectivity index (χ2v) is 4.96. The molecule has 112 valence electrons. The monoisotopic (exact) mass is 269 g/mol. The minimum atomic E-state index is -0.0802. The van der Waals surface area contributed by atoms with Crippen molar-refractivity contribution in [1.29, 1.82) is 0 Å². The second kappa shape index (κ2) is 15.2. The summed E-state index contributed by atoms with van der Waals surface area (Å²) >= 11 is 0. The SMILES string of the molecule is CCCCCC/C=C\COC(=O)CCCCCCN. The lowest BCUT2D eigenvalue weighted by molar-refractivity contribution is -0.142. The smallest absolute Gasteiger partial charge is 0.306 e. The Balaban J connectivity index is 3.25. The summed E-state index contributed by atoms with van der Waals surface area (Å²) in [5.41, 5.74) is 5.40. The van der Waals surface area contributed by atoms with Gasteiger partial charge in [0.05, 0.1) is 0 Å². The maximum Gasteiger partial charge on any atom is 0.306 e. The highest BCUT2D eigenvalue weighted by molar-refractivity contribution is 5.69. The molecule has 0 saturated carbocycles. The van der Waals surface area contributed by atoms with Crippen molar-refractivity contribution in [3.63, 3.8) is 0 Å². The van der Waals surface area contributed by atoms with Gasteiger partial charge in [0.1, 0.15) is 6.61 Å². The fraction of sp³-hybridized carbons (Fsp3) is 0.812. The molecule has 3 heteroatoms. The first-order valence-electron chi connectivity index (χ1n) is 7.82. The number of carbonyl (C=O) groups excluding carboxylic acids is 1. The van der Waals surface area contributed by atoms with E-state index in [0.29, 0.717) is 13.0 Å². The van der Waals surface area contributed by atoms with Crippen molar-refractivity contribution in [3.05, 3.63) is 12.2 Å². The van der Waals surface area contributed by atoms with E-state index in [1.807, 2.05) is 6.08 Å². The van der Waals surface area contributed by atoms with Crippen LogP contribution in [-0.4, -0.2) is 19.1 Å². The summed E-state index contributed by atoms with van der Waals surface area (Å²) in [6.07, 6.45) is 15.0. The summed E-state index contributed by atoms with van der Waals surface area (Å²) in [5.74, 6) is -0.0802. The zero-order chi connectivity index (χ0) is 14.2. The number of ether oxygens (including phenoxy) is 1. The first-order valence-corrected chi connectivity index (χ1v) is 7.82. The van der Waals surface area contributed by atoms with Gasteiger partial charge in [-0.1, -0.05) is 51.2 Å². The first kappa shape index (κ1) is 18.2. The molecule has 0 unspecified atom stereocenters. The van der Waals surface area contributed by atoms with Gasteiger partial charge in [0.15, 0.2) is 0 Å². The van der Waals surface area contributed by atoms with E-state index in [4.69, 9.17) is 10.5 Å². The Morgan fingerprint density at radius 2 is 1.74 bits per heavy atom. The lowest BCUT2D eigenvalue weighted by atomic mass is 10.1. The van der Waals surface area contributed by atoms with E-state index in [2.05, 4.69) is 13.0 Å². The Kier molecular flexibility index (Phi) is 14.6. The third-order valence-electron chi connectivity index (χ3n) is 3.07. The Morgan fingerprint density at radius 1 is 1.00 bits per heavy atom. The molecule has 19 heavy (non-hydrogen) atoms. The van der Waals surface area contributed by atoms with Crippen LogP contribution in [0.2, 0.25) is 0 Å². The van der Waals surface area contributed by atoms with Gasteiger partial charge in [-0.15, -0.1) is 0 Å². The summed E-state index contributed by atoms with van der Waals surface area (Å²) in [4.78, 5) is 11.4. The molecule has 0 aromatic rings. The van der Waals surface area contributed by atoms with Crippen molar-refractivity contribution >= 4 is 5.97 Å². The van der Waals surface area contributed by atoms with E-state index in [0.717, 1.165) is 38.6 Å². The first-order chi connectivity index (χ1) is 9.31. The maximum atomic E-state index is 11.4. The van der Waals surface area contributed by atoms with Crippen LogP contribution >= 0.6 is 0 Å². The Bertz CT molecular complexity index is 227. The number of unbranched alkanes of at least 4 members (excludes halogenated alkanes) is 7. The normalized spacial score (nSPS) is 11.1. The third kappa shape index (κ3) is 15.1. The summed E-state index contributed by atoms with van der Waals surface area (Å²) in [5, 5.41) is 0. The standard InChI is InChI=1S/C16H31NO2/c1-2-3-4-5-6-9-12-15-19-16(18)13-10-7-8-11-14-17/h9,12H,2-8,10-11,13-15,17H2,1H3/b12-9-. The summed E-state index contributed by atoms with van der Waals surface area (Å²) < 4.78 is 5.13. The van der Waals surface area contributed by atoms with Crippen LogP contribution in [0.4, 0.5) is 0 Å². The fourth-order valence-electron chi connectivity index (χ4n) is 1.86. The molecule has 0 aliphatic carbocycles. The van der Waals surface area contributed by atoms with Gasteiger partial charge in [0.2, 0.25) is 0 Å². The van der Waals surface area contributed by atoms with Gasteiger partial charge in [-0.2, -0.15) is 0 Å². The van der Waals surface area contributed by atoms with Crippen LogP contribution in [-0.2, 0) is 9.53 Å². The lowest BCUT2D eigenvalue weighted by Gasteiger charge is -2.02. The molecule has 0 rings (SSSR count). The molecular formula is C16H31NO2. The number of hydrogen-bond donors (Lipinski definition) is 1. The highest BCUT2D eigenvalue weighted by Crippen LogP contribution is 2.04. The van der Waals surface area contributed by atoms with Gasteiger partial charge in [-0.3, -0.25) is 4.79 Å². The predicted molar refractivity (Wildman–Crippen MR) is 81.0 cm³/mol. The molecule has 0 fully saturated rings. The highest BCUT2D eigenvalue weighted by Gasteiger charge is 2.00. The number of nitrogens with two attached hydrogens (primary N) is 1. The maximum absolute atomic E-state index is 11.4. The van der Waals surface area contributed by atoms with Crippen molar-refractivity contribution in [2.45, 2.75) is 71.1 Å². The summed E-state index contributed by atoms with van der Waals surface area (Å²) in [7, 11) is 0. The molecule has 0 aromatic heterocycles. The van der Waals surface area contributed by atoms with Crippen molar-refractivity contribution in [3.8, 4) is 0 Å². The zero-order valence-corrected chi connectivity index (χ0v) is 12.5. The van der Waals surface area contributed by atoms with E-state index in [9.17, 15) is 4.79 Å². The molecule has 0 aromatic carbocycles. The molecule has 0 aliphatic rings. The van der Waals surface area contributed by atoms with Crippen LogP contribution in [0.3, 0.4) is 0 Å². The zero-order valence-electron chi connectivity index (χ0n) is 12.5. The Labute approximate surface area is 118 Å². The average Bonchev–Trinajstić information content (AvgIpc) is 2.41. The van der Waals surface area contributed by atoms with E-state index < -0.39 is 0 Å². The van der Waals surface area contributed by atoms with Gasteiger partial charge in [0, 0.05) is 6.42 Å². The van der Waals surface area contributed by atoms with Crippen LogP contribution in [0.1, 0.15) is 71.1 Å². The highest BCUT2D eigenvalue weighted by atomic mass is 16.5. The molecular weight excluding hydrogens is 238 g/mol. The average molecular weight is 269 g/mol. The van der Waals surface area contributed by atoms with Gasteiger partial charge in [-0.25, -0.2) is 0 Å². The predicted octanol–water partition coefficient (Wildman–Crippen LogP) is 3.97. The minimum absolute atomic E-state index is 0.0802. The number of esters is 1. The molecule has 0 spiro atoms. The van der Waals surface area contributed by atoms with Gasteiger partial charge >= 0.3 is 5.97 Å². The van der Waals surface area contributed by atoms with E-state index in [-0.39, 0.29) is 5.97 Å². The molecule has 2 N–H and O–H groups in total. The van der Waals surface area contributed by atoms with Crippen molar-refractivity contribution in [2.75, 3.05) is 13.2 Å². The number of rotatable bonds is 13. The van der Waals surface area contributed by atoms with Crippen LogP contribution in [0.5, 0.6) is 0 Å². The molecule has 0 heterocycles. The molecule has 0 amide bonds.